The van der Waals surface area contributed by atoms with Crippen molar-refractivity contribution in [1.82, 2.24) is 9.88 Å². The molecule has 0 spiro atoms. The number of hydrogen-bond acceptors (Lipinski definition) is 2. The van der Waals surface area contributed by atoms with Gasteiger partial charge in [0.1, 0.15) is 0 Å². The molecule has 1 aliphatic rings. The fraction of sp³-hybridized carbons (Fsp3) is 0.600. The second-order valence-corrected chi connectivity index (χ2v) is 5.91. The zero-order valence-corrected chi connectivity index (χ0v) is 13.0. The molecule has 1 aromatic rings. The van der Waals surface area contributed by atoms with Gasteiger partial charge in [-0.15, -0.1) is 0 Å². The quantitative estimate of drug-likeness (QED) is 0.793. The number of alkyl halides is 1. The van der Waals surface area contributed by atoms with Gasteiger partial charge < -0.3 is 4.90 Å². The van der Waals surface area contributed by atoms with Crippen LogP contribution in [0.1, 0.15) is 48.2 Å². The van der Waals surface area contributed by atoms with Gasteiger partial charge >= 0.3 is 0 Å². The Morgan fingerprint density at radius 3 is 2.79 bits per heavy atom. The molecule has 4 heteroatoms. The third-order valence-corrected chi connectivity index (χ3v) is 4.19. The summed E-state index contributed by atoms with van der Waals surface area (Å²) in [5.41, 5.74) is 1.57. The van der Waals surface area contributed by atoms with E-state index in [1.165, 1.54) is 19.3 Å². The van der Waals surface area contributed by atoms with Gasteiger partial charge in [0.25, 0.3) is 5.91 Å². The number of carbonyl (C=O) groups is 1. The lowest BCUT2D eigenvalue weighted by Gasteiger charge is -2.34. The summed E-state index contributed by atoms with van der Waals surface area (Å²) in [7, 11) is 0. The highest BCUT2D eigenvalue weighted by atomic mass is 79.9. The Morgan fingerprint density at radius 1 is 1.42 bits per heavy atom. The molecule has 2 rings (SSSR count). The lowest BCUT2D eigenvalue weighted by Crippen LogP contribution is -2.42. The number of halogens is 1. The number of amides is 1. The molecular weight excluding hydrogens is 304 g/mol. The zero-order valence-electron chi connectivity index (χ0n) is 11.4. The first-order valence-corrected chi connectivity index (χ1v) is 8.14. The summed E-state index contributed by atoms with van der Waals surface area (Å²) in [4.78, 5) is 19.0. The number of rotatable bonds is 4. The number of aromatic nitrogens is 1. The second kappa shape index (κ2) is 7.04. The molecule has 3 nitrogen and oxygen atoms in total. The number of hydrogen-bond donors (Lipinski definition) is 0. The molecule has 0 aromatic carbocycles. The van der Waals surface area contributed by atoms with Crippen LogP contribution in [0.15, 0.2) is 18.3 Å². The van der Waals surface area contributed by atoms with E-state index in [-0.39, 0.29) is 5.91 Å². The van der Waals surface area contributed by atoms with E-state index in [0.29, 0.717) is 6.04 Å². The number of aryl methyl sites for hydroxylation is 1. The molecule has 1 amide bonds. The van der Waals surface area contributed by atoms with Crippen LogP contribution in [0.4, 0.5) is 0 Å². The number of pyridine rings is 1. The van der Waals surface area contributed by atoms with E-state index in [0.717, 1.165) is 36.0 Å². The van der Waals surface area contributed by atoms with Gasteiger partial charge in [0.05, 0.1) is 5.56 Å². The minimum atomic E-state index is 0.136. The highest BCUT2D eigenvalue weighted by Crippen LogP contribution is 2.24. The van der Waals surface area contributed by atoms with Gasteiger partial charge in [-0.3, -0.25) is 9.78 Å². The Balaban J connectivity index is 2.18. The Hall–Kier alpha value is -0.900. The fourth-order valence-electron chi connectivity index (χ4n) is 2.80. The van der Waals surface area contributed by atoms with E-state index in [4.69, 9.17) is 0 Å². The number of nitrogens with zero attached hydrogens (tertiary/aromatic N) is 2. The molecular formula is C15H21BrN2O. The zero-order chi connectivity index (χ0) is 13.7. The van der Waals surface area contributed by atoms with Crippen LogP contribution in [-0.2, 0) is 0 Å². The molecule has 0 unspecified atom stereocenters. The Morgan fingerprint density at radius 2 is 2.16 bits per heavy atom. The van der Waals surface area contributed by atoms with Crippen LogP contribution in [0, 0.1) is 6.92 Å². The molecule has 1 saturated carbocycles. The number of carbonyl (C=O) groups excluding carboxylic acids is 1. The van der Waals surface area contributed by atoms with Crippen molar-refractivity contribution in [1.29, 1.82) is 0 Å². The third kappa shape index (κ3) is 3.56. The topological polar surface area (TPSA) is 33.2 Å². The van der Waals surface area contributed by atoms with Gasteiger partial charge in [-0.2, -0.15) is 0 Å². The molecule has 0 radical (unpaired) electrons. The maximum atomic E-state index is 12.7. The van der Waals surface area contributed by atoms with E-state index in [1.54, 1.807) is 6.20 Å². The fourth-order valence-corrected chi connectivity index (χ4v) is 3.18. The van der Waals surface area contributed by atoms with Gasteiger partial charge in [0.2, 0.25) is 0 Å². The van der Waals surface area contributed by atoms with E-state index >= 15 is 0 Å². The summed E-state index contributed by atoms with van der Waals surface area (Å²) in [6, 6.07) is 4.13. The van der Waals surface area contributed by atoms with Crippen molar-refractivity contribution < 1.29 is 4.79 Å². The van der Waals surface area contributed by atoms with Gasteiger partial charge in [0.15, 0.2) is 0 Å². The van der Waals surface area contributed by atoms with Crippen LogP contribution in [0.3, 0.4) is 0 Å². The Labute approximate surface area is 123 Å². The largest absolute Gasteiger partial charge is 0.335 e. The molecule has 0 atom stereocenters. The molecule has 0 aliphatic heterocycles. The smallest absolute Gasteiger partial charge is 0.255 e. The van der Waals surface area contributed by atoms with Gasteiger partial charge in [-0.05, 0) is 31.9 Å². The molecule has 1 aliphatic carbocycles. The van der Waals surface area contributed by atoms with Crippen molar-refractivity contribution in [3.05, 3.63) is 29.6 Å². The van der Waals surface area contributed by atoms with E-state index < -0.39 is 0 Å². The van der Waals surface area contributed by atoms with E-state index in [9.17, 15) is 4.79 Å². The van der Waals surface area contributed by atoms with E-state index in [1.807, 2.05) is 24.0 Å². The minimum Gasteiger partial charge on any atom is -0.335 e. The Bertz CT molecular complexity index is 430. The van der Waals surface area contributed by atoms with Crippen LogP contribution < -0.4 is 0 Å². The molecule has 19 heavy (non-hydrogen) atoms. The maximum absolute atomic E-state index is 12.7. The molecule has 104 valence electrons. The van der Waals surface area contributed by atoms with Crippen LogP contribution in [0.2, 0.25) is 0 Å². The van der Waals surface area contributed by atoms with Crippen molar-refractivity contribution in [3.63, 3.8) is 0 Å². The monoisotopic (exact) mass is 324 g/mol. The summed E-state index contributed by atoms with van der Waals surface area (Å²) >= 11 is 3.47. The van der Waals surface area contributed by atoms with Crippen LogP contribution in [0.25, 0.3) is 0 Å². The Kier molecular flexibility index (Phi) is 5.37. The average Bonchev–Trinajstić information content (AvgIpc) is 2.45. The first kappa shape index (κ1) is 14.5. The highest BCUT2D eigenvalue weighted by Gasteiger charge is 2.26. The summed E-state index contributed by atoms with van der Waals surface area (Å²) < 4.78 is 0. The van der Waals surface area contributed by atoms with Gasteiger partial charge in [-0.1, -0.05) is 35.2 Å². The first-order chi connectivity index (χ1) is 9.24. The van der Waals surface area contributed by atoms with E-state index in [2.05, 4.69) is 20.9 Å². The predicted molar refractivity (Wildman–Crippen MR) is 80.7 cm³/mol. The average molecular weight is 325 g/mol. The molecule has 1 aromatic heterocycles. The van der Waals surface area contributed by atoms with Crippen LogP contribution in [-0.4, -0.2) is 33.7 Å². The molecule has 0 bridgehead atoms. The lowest BCUT2D eigenvalue weighted by molar-refractivity contribution is 0.0650. The summed E-state index contributed by atoms with van der Waals surface area (Å²) in [5.74, 6) is 0.136. The molecule has 1 fully saturated rings. The second-order valence-electron chi connectivity index (χ2n) is 5.12. The lowest BCUT2D eigenvalue weighted by atomic mass is 9.93. The standard InChI is InChI=1S/C15H21BrN2O/c1-12-14(8-5-10-17-12)15(19)18(11-9-16)13-6-3-2-4-7-13/h5,8,10,13H,2-4,6-7,9,11H2,1H3. The summed E-state index contributed by atoms with van der Waals surface area (Å²) in [5, 5.41) is 0.828. The highest BCUT2D eigenvalue weighted by molar-refractivity contribution is 9.09. The predicted octanol–water partition coefficient (Wildman–Crippen LogP) is 3.56. The normalized spacial score (nSPS) is 16.3. The third-order valence-electron chi connectivity index (χ3n) is 3.84. The van der Waals surface area contributed by atoms with Crippen molar-refractivity contribution in [2.75, 3.05) is 11.9 Å². The minimum absolute atomic E-state index is 0.136. The van der Waals surface area contributed by atoms with Crippen LogP contribution in [0.5, 0.6) is 0 Å². The molecule has 1 heterocycles. The molecule has 0 N–H and O–H groups in total. The SMILES string of the molecule is Cc1ncccc1C(=O)N(CCBr)C1CCCCC1. The van der Waals surface area contributed by atoms with Crippen LogP contribution >= 0.6 is 15.9 Å². The van der Waals surface area contributed by atoms with Crippen molar-refractivity contribution >= 4 is 21.8 Å². The summed E-state index contributed by atoms with van der Waals surface area (Å²) in [6.07, 6.45) is 7.79. The van der Waals surface area contributed by atoms with Crippen molar-refractivity contribution in [3.8, 4) is 0 Å². The molecule has 0 saturated heterocycles. The maximum Gasteiger partial charge on any atom is 0.255 e. The first-order valence-electron chi connectivity index (χ1n) is 7.02. The van der Waals surface area contributed by atoms with Gasteiger partial charge in [-0.25, -0.2) is 0 Å². The van der Waals surface area contributed by atoms with Crippen molar-refractivity contribution in [2.24, 2.45) is 0 Å². The van der Waals surface area contributed by atoms with Crippen molar-refractivity contribution in [2.45, 2.75) is 45.1 Å². The van der Waals surface area contributed by atoms with Gasteiger partial charge in [0, 0.05) is 29.8 Å². The summed E-state index contributed by atoms with van der Waals surface area (Å²) in [6.45, 7) is 2.68.